The zero-order valence-corrected chi connectivity index (χ0v) is 26.7. The van der Waals surface area contributed by atoms with Crippen molar-refractivity contribution in [2.75, 3.05) is 0 Å². The van der Waals surface area contributed by atoms with Crippen LogP contribution in [0.4, 0.5) is 0 Å². The van der Waals surface area contributed by atoms with Crippen LogP contribution in [-0.2, 0) is 6.42 Å². The molecule has 0 bridgehead atoms. The van der Waals surface area contributed by atoms with Crippen LogP contribution in [0.3, 0.4) is 0 Å². The molecule has 2 aromatic heterocycles. The summed E-state index contributed by atoms with van der Waals surface area (Å²) in [5.41, 5.74) is 14.7. The van der Waals surface area contributed by atoms with E-state index in [1.165, 1.54) is 38.9 Å². The number of fused-ring (bicyclic) bond motifs is 7. The summed E-state index contributed by atoms with van der Waals surface area (Å²) in [7, 11) is 0. The molecule has 230 valence electrons. The van der Waals surface area contributed by atoms with Crippen LogP contribution in [0.15, 0.2) is 168 Å². The van der Waals surface area contributed by atoms with Crippen LogP contribution in [0.2, 0.25) is 0 Å². The molecular formula is C46H30N2O. The first-order chi connectivity index (χ1) is 24.3. The normalized spacial score (nSPS) is 13.8. The minimum absolute atomic E-state index is 0.143. The molecule has 0 aliphatic heterocycles. The lowest BCUT2D eigenvalue weighted by Gasteiger charge is -2.30. The van der Waals surface area contributed by atoms with Gasteiger partial charge < -0.3 is 4.42 Å². The second-order valence-corrected chi connectivity index (χ2v) is 12.8. The van der Waals surface area contributed by atoms with Crippen LogP contribution in [0, 0.1) is 0 Å². The minimum atomic E-state index is 0.143. The molecule has 0 saturated carbocycles. The van der Waals surface area contributed by atoms with E-state index in [1.807, 2.05) is 18.2 Å². The van der Waals surface area contributed by atoms with Gasteiger partial charge in [-0.3, -0.25) is 0 Å². The highest BCUT2D eigenvalue weighted by atomic mass is 16.3. The molecule has 0 radical (unpaired) electrons. The van der Waals surface area contributed by atoms with Gasteiger partial charge in [0, 0.05) is 38.8 Å². The van der Waals surface area contributed by atoms with Crippen molar-refractivity contribution in [2.24, 2.45) is 0 Å². The number of rotatable bonds is 4. The molecule has 2 heterocycles. The SMILES string of the molecule is c1ccc(-c2cccc3c2-c2ccccc2C(c2cccc4c2oc2cccc(-c5nc(-c6ccccc6)c6ccccc6n5)c24)C3)cc1. The van der Waals surface area contributed by atoms with Crippen LogP contribution in [0.1, 0.15) is 22.6 Å². The van der Waals surface area contributed by atoms with Gasteiger partial charge in [0.2, 0.25) is 0 Å². The average Bonchev–Trinajstić information content (AvgIpc) is 3.57. The van der Waals surface area contributed by atoms with Gasteiger partial charge in [-0.25, -0.2) is 9.97 Å². The zero-order valence-electron chi connectivity index (χ0n) is 26.7. The molecule has 49 heavy (non-hydrogen) atoms. The molecule has 10 rings (SSSR count). The van der Waals surface area contributed by atoms with Gasteiger partial charge in [0.15, 0.2) is 5.82 Å². The smallest absolute Gasteiger partial charge is 0.161 e. The predicted molar refractivity (Wildman–Crippen MR) is 201 cm³/mol. The fourth-order valence-electron chi connectivity index (χ4n) is 7.93. The monoisotopic (exact) mass is 626 g/mol. The van der Waals surface area contributed by atoms with E-state index in [4.69, 9.17) is 14.4 Å². The third-order valence-corrected chi connectivity index (χ3v) is 10.1. The fraction of sp³-hybridized carbons (Fsp3) is 0.0435. The van der Waals surface area contributed by atoms with Crippen LogP contribution in [0.5, 0.6) is 0 Å². The Morgan fingerprint density at radius 2 is 1.14 bits per heavy atom. The highest BCUT2D eigenvalue weighted by molar-refractivity contribution is 6.13. The summed E-state index contributed by atoms with van der Waals surface area (Å²) in [6, 6.07) is 57.9. The van der Waals surface area contributed by atoms with Gasteiger partial charge in [0.05, 0.1) is 11.2 Å². The van der Waals surface area contributed by atoms with E-state index in [0.717, 1.165) is 56.1 Å². The van der Waals surface area contributed by atoms with Gasteiger partial charge in [-0.1, -0.05) is 152 Å². The van der Waals surface area contributed by atoms with Crippen molar-refractivity contribution in [3.8, 4) is 44.9 Å². The average molecular weight is 627 g/mol. The standard InChI is InChI=1S/C46H30N2O/c1-3-14-29(15-4-1)32-22-11-18-31-28-39(33-19-7-8-20-34(33)42(31)32)35-23-12-24-37-43-38(25-13-27-41(43)49-45(35)37)46-47-40-26-10-9-21-36(40)44(48-46)30-16-5-2-6-17-30/h1-27,39H,28H2. The predicted octanol–water partition coefficient (Wildman–Crippen LogP) is 11.9. The molecule has 1 aliphatic carbocycles. The maximum atomic E-state index is 6.84. The Morgan fingerprint density at radius 3 is 2.02 bits per heavy atom. The molecular weight excluding hydrogens is 597 g/mol. The Balaban J connectivity index is 1.16. The molecule has 3 heteroatoms. The number of para-hydroxylation sites is 2. The van der Waals surface area contributed by atoms with E-state index >= 15 is 0 Å². The quantitative estimate of drug-likeness (QED) is 0.195. The molecule has 9 aromatic rings. The van der Waals surface area contributed by atoms with Gasteiger partial charge in [0.1, 0.15) is 11.2 Å². The van der Waals surface area contributed by atoms with E-state index in [9.17, 15) is 0 Å². The van der Waals surface area contributed by atoms with Crippen LogP contribution in [0.25, 0.3) is 77.7 Å². The van der Waals surface area contributed by atoms with Crippen LogP contribution < -0.4 is 0 Å². The molecule has 3 nitrogen and oxygen atoms in total. The van der Waals surface area contributed by atoms with Gasteiger partial charge in [-0.15, -0.1) is 0 Å². The Labute approximate surface area is 284 Å². The van der Waals surface area contributed by atoms with Crippen molar-refractivity contribution in [3.05, 3.63) is 180 Å². The summed E-state index contributed by atoms with van der Waals surface area (Å²) in [6.07, 6.45) is 0.893. The molecule has 0 saturated heterocycles. The number of hydrogen-bond acceptors (Lipinski definition) is 3. The van der Waals surface area contributed by atoms with E-state index in [1.54, 1.807) is 0 Å². The minimum Gasteiger partial charge on any atom is -0.456 e. The third-order valence-electron chi connectivity index (χ3n) is 10.1. The maximum Gasteiger partial charge on any atom is 0.161 e. The second-order valence-electron chi connectivity index (χ2n) is 12.8. The van der Waals surface area contributed by atoms with Crippen molar-refractivity contribution in [3.63, 3.8) is 0 Å². The summed E-state index contributed by atoms with van der Waals surface area (Å²) in [4.78, 5) is 10.3. The second kappa shape index (κ2) is 11.1. The topological polar surface area (TPSA) is 38.9 Å². The highest BCUT2D eigenvalue weighted by Gasteiger charge is 2.30. The van der Waals surface area contributed by atoms with Gasteiger partial charge in [-0.2, -0.15) is 0 Å². The van der Waals surface area contributed by atoms with Crippen molar-refractivity contribution in [1.29, 1.82) is 0 Å². The molecule has 7 aromatic carbocycles. The number of aromatic nitrogens is 2. The molecule has 1 aliphatic rings. The Bertz CT molecular complexity index is 2690. The Kier molecular flexibility index (Phi) is 6.31. The first-order valence-electron chi connectivity index (χ1n) is 16.8. The largest absolute Gasteiger partial charge is 0.456 e. The lowest BCUT2D eigenvalue weighted by molar-refractivity contribution is 0.654. The molecule has 1 atom stereocenters. The molecule has 0 spiro atoms. The number of nitrogens with zero attached hydrogens (tertiary/aromatic N) is 2. The molecule has 0 fully saturated rings. The summed E-state index contributed by atoms with van der Waals surface area (Å²) in [6.45, 7) is 0. The van der Waals surface area contributed by atoms with E-state index in [2.05, 4.69) is 146 Å². The Morgan fingerprint density at radius 1 is 0.490 bits per heavy atom. The summed E-state index contributed by atoms with van der Waals surface area (Å²) < 4.78 is 6.84. The molecule has 1 unspecified atom stereocenters. The first kappa shape index (κ1) is 27.8. The van der Waals surface area contributed by atoms with E-state index in [0.29, 0.717) is 5.82 Å². The third kappa shape index (κ3) is 4.43. The number of furan rings is 1. The highest BCUT2D eigenvalue weighted by Crippen LogP contribution is 2.49. The van der Waals surface area contributed by atoms with Crippen molar-refractivity contribution in [2.45, 2.75) is 12.3 Å². The van der Waals surface area contributed by atoms with Gasteiger partial charge in [-0.05, 0) is 51.9 Å². The summed E-state index contributed by atoms with van der Waals surface area (Å²) >= 11 is 0. The zero-order chi connectivity index (χ0) is 32.3. The number of hydrogen-bond donors (Lipinski definition) is 0. The molecule has 0 N–H and O–H groups in total. The first-order valence-corrected chi connectivity index (χ1v) is 16.8. The number of benzene rings is 7. The van der Waals surface area contributed by atoms with E-state index < -0.39 is 0 Å². The summed E-state index contributed by atoms with van der Waals surface area (Å²) in [5, 5.41) is 3.17. The lowest BCUT2D eigenvalue weighted by Crippen LogP contribution is -2.13. The van der Waals surface area contributed by atoms with Gasteiger partial charge in [0.25, 0.3) is 0 Å². The van der Waals surface area contributed by atoms with Crippen LogP contribution >= 0.6 is 0 Å². The van der Waals surface area contributed by atoms with Gasteiger partial charge >= 0.3 is 0 Å². The Hall–Kier alpha value is -6.32. The fourth-order valence-corrected chi connectivity index (χ4v) is 7.93. The molecule has 0 amide bonds. The lowest BCUT2D eigenvalue weighted by atomic mass is 9.73. The summed E-state index contributed by atoms with van der Waals surface area (Å²) in [5.74, 6) is 0.839. The van der Waals surface area contributed by atoms with Crippen molar-refractivity contribution < 1.29 is 4.42 Å². The van der Waals surface area contributed by atoms with Crippen molar-refractivity contribution >= 4 is 32.8 Å². The maximum absolute atomic E-state index is 6.84. The van der Waals surface area contributed by atoms with Crippen LogP contribution in [-0.4, -0.2) is 9.97 Å². The van der Waals surface area contributed by atoms with Crippen molar-refractivity contribution in [1.82, 2.24) is 9.97 Å². The van der Waals surface area contributed by atoms with E-state index in [-0.39, 0.29) is 5.92 Å².